The summed E-state index contributed by atoms with van der Waals surface area (Å²) < 4.78 is 24.1. The first-order valence-corrected chi connectivity index (χ1v) is 17.6. The molecule has 0 radical (unpaired) electrons. The van der Waals surface area contributed by atoms with E-state index in [4.69, 9.17) is 35.2 Å². The number of carbonyl (C=O) groups is 1. The number of likely N-dealkylation sites (tertiary alicyclic amines) is 2. The van der Waals surface area contributed by atoms with Crippen molar-refractivity contribution in [2.45, 2.75) is 43.7 Å². The second-order valence-electron chi connectivity index (χ2n) is 13.3. The van der Waals surface area contributed by atoms with E-state index >= 15 is 0 Å². The van der Waals surface area contributed by atoms with Crippen molar-refractivity contribution in [2.24, 2.45) is 0 Å². The van der Waals surface area contributed by atoms with Crippen molar-refractivity contribution in [3.05, 3.63) is 101 Å². The quantitative estimate of drug-likeness (QED) is 0.148. The van der Waals surface area contributed by atoms with E-state index in [-0.39, 0.29) is 11.3 Å². The van der Waals surface area contributed by atoms with Crippen LogP contribution in [0.4, 0.5) is 5.95 Å². The van der Waals surface area contributed by atoms with Gasteiger partial charge in [0.05, 0.1) is 51.4 Å². The molecule has 2 aliphatic heterocycles. The monoisotopic (exact) mass is 697 g/mol. The first-order valence-electron chi connectivity index (χ1n) is 17.2. The second-order valence-corrected chi connectivity index (χ2v) is 13.8. The third-order valence-electron chi connectivity index (χ3n) is 10.4. The second kappa shape index (κ2) is 14.7. The summed E-state index contributed by atoms with van der Waals surface area (Å²) in [5.74, 6) is 2.24. The summed E-state index contributed by atoms with van der Waals surface area (Å²) in [7, 11) is 4.68. The van der Waals surface area contributed by atoms with Gasteiger partial charge in [0.25, 0.3) is 5.91 Å². The molecule has 1 amide bonds. The molecule has 1 unspecified atom stereocenters. The Morgan fingerprint density at radius 3 is 2.40 bits per heavy atom. The van der Waals surface area contributed by atoms with Crippen LogP contribution in [0.15, 0.2) is 83.7 Å². The minimum Gasteiger partial charge on any atom is -0.493 e. The van der Waals surface area contributed by atoms with Gasteiger partial charge in [0.1, 0.15) is 0 Å². The van der Waals surface area contributed by atoms with E-state index in [1.165, 1.54) is 5.56 Å². The number of amides is 1. The van der Waals surface area contributed by atoms with E-state index < -0.39 is 0 Å². The topological polar surface area (TPSA) is 94.2 Å². The van der Waals surface area contributed by atoms with Gasteiger partial charge in [-0.25, -0.2) is 4.98 Å². The molecule has 2 saturated heterocycles. The summed E-state index contributed by atoms with van der Waals surface area (Å²) in [6, 6.07) is 22.2. The van der Waals surface area contributed by atoms with E-state index in [1.54, 1.807) is 46.0 Å². The smallest absolute Gasteiger partial charge is 0.254 e. The summed E-state index contributed by atoms with van der Waals surface area (Å²) in [6.07, 6.45) is 7.36. The van der Waals surface area contributed by atoms with Crippen molar-refractivity contribution in [2.75, 3.05) is 59.4 Å². The predicted molar refractivity (Wildman–Crippen MR) is 195 cm³/mol. The molecule has 3 aromatic carbocycles. The van der Waals surface area contributed by atoms with E-state index in [0.29, 0.717) is 53.5 Å². The van der Waals surface area contributed by atoms with Crippen LogP contribution >= 0.6 is 11.6 Å². The zero-order valence-electron chi connectivity index (χ0n) is 28.9. The molecule has 0 aliphatic carbocycles. The molecule has 2 aromatic heterocycles. The lowest BCUT2D eigenvalue weighted by Crippen LogP contribution is -2.42. The molecule has 0 saturated carbocycles. The van der Waals surface area contributed by atoms with Gasteiger partial charge in [0.2, 0.25) is 11.7 Å². The minimum absolute atomic E-state index is 0.0502. The van der Waals surface area contributed by atoms with Crippen LogP contribution in [0, 0.1) is 0 Å². The third-order valence-corrected chi connectivity index (χ3v) is 10.7. The van der Waals surface area contributed by atoms with Gasteiger partial charge in [-0.05, 0) is 80.3 Å². The number of rotatable bonds is 12. The average molecular weight is 698 g/mol. The lowest BCUT2D eigenvalue weighted by Gasteiger charge is -2.36. The maximum Gasteiger partial charge on any atom is 0.254 e. The number of aromatic nitrogens is 2. The number of hydrogen-bond donors (Lipinski definition) is 1. The highest BCUT2D eigenvalue weighted by Crippen LogP contribution is 2.42. The number of ether oxygens (including phenoxy) is 3. The maximum absolute atomic E-state index is 13.9. The predicted octanol–water partition coefficient (Wildman–Crippen LogP) is 7.11. The Morgan fingerprint density at radius 2 is 1.72 bits per heavy atom. The number of para-hydroxylation sites is 2. The third kappa shape index (κ3) is 6.87. The molecule has 0 spiro atoms. The number of carbonyl (C=O) groups excluding carboxylic acids is 1. The van der Waals surface area contributed by atoms with Gasteiger partial charge in [-0.2, -0.15) is 0 Å². The van der Waals surface area contributed by atoms with Crippen molar-refractivity contribution in [1.29, 1.82) is 0 Å². The molecule has 2 fully saturated rings. The summed E-state index contributed by atoms with van der Waals surface area (Å²) in [5, 5.41) is 4.49. The molecule has 5 aromatic rings. The molecule has 11 heteroatoms. The van der Waals surface area contributed by atoms with Crippen LogP contribution in [-0.4, -0.2) is 85.4 Å². The minimum atomic E-state index is -0.187. The van der Waals surface area contributed by atoms with Gasteiger partial charge < -0.3 is 38.3 Å². The Kier molecular flexibility index (Phi) is 9.92. The number of benzene rings is 3. The molecule has 0 bridgehead atoms. The number of nitrogens with one attached hydrogen (secondary N) is 1. The van der Waals surface area contributed by atoms with Crippen LogP contribution in [-0.2, 0) is 12.0 Å². The number of piperidine rings is 1. The van der Waals surface area contributed by atoms with Crippen molar-refractivity contribution >= 4 is 34.5 Å². The van der Waals surface area contributed by atoms with Crippen molar-refractivity contribution in [3.63, 3.8) is 0 Å². The number of nitrogens with zero attached hydrogens (tertiary/aromatic N) is 4. The number of anilines is 1. The molecular formula is C39H44ClN5O5. The SMILES string of the molecule is COc1cc(C(=O)N2CCC(CCN3CCC(Nc4nc5ccccc5n4Cc4ccoc4)CC3)(c3ccc(Cl)cc3)C2)cc(OC)c1OC. The van der Waals surface area contributed by atoms with Gasteiger partial charge in [-0.15, -0.1) is 0 Å². The van der Waals surface area contributed by atoms with Crippen molar-refractivity contribution < 1.29 is 23.4 Å². The fourth-order valence-electron chi connectivity index (χ4n) is 7.59. The Bertz CT molecular complexity index is 1890. The molecule has 1 N–H and O–H groups in total. The van der Waals surface area contributed by atoms with Crippen LogP contribution in [0.2, 0.25) is 5.02 Å². The van der Waals surface area contributed by atoms with Crippen LogP contribution in [0.3, 0.4) is 0 Å². The van der Waals surface area contributed by atoms with Gasteiger partial charge >= 0.3 is 0 Å². The summed E-state index contributed by atoms with van der Waals surface area (Å²) >= 11 is 6.32. The van der Waals surface area contributed by atoms with E-state index in [1.807, 2.05) is 29.2 Å². The molecule has 4 heterocycles. The van der Waals surface area contributed by atoms with Crippen molar-refractivity contribution in [1.82, 2.24) is 19.4 Å². The Hall–Kier alpha value is -4.67. The zero-order chi connectivity index (χ0) is 34.7. The van der Waals surface area contributed by atoms with Crippen LogP contribution < -0.4 is 19.5 Å². The lowest BCUT2D eigenvalue weighted by atomic mass is 9.76. The summed E-state index contributed by atoms with van der Waals surface area (Å²) in [6.45, 7) is 4.90. The number of methoxy groups -OCH3 is 3. The molecular weight excluding hydrogens is 654 g/mol. The largest absolute Gasteiger partial charge is 0.493 e. The molecule has 50 heavy (non-hydrogen) atoms. The van der Waals surface area contributed by atoms with Crippen LogP contribution in [0.25, 0.3) is 11.0 Å². The fraction of sp³-hybridized carbons (Fsp3) is 0.385. The van der Waals surface area contributed by atoms with Gasteiger partial charge in [0, 0.05) is 53.8 Å². The average Bonchev–Trinajstić information content (AvgIpc) is 3.91. The number of fused-ring (bicyclic) bond motifs is 1. The van der Waals surface area contributed by atoms with Crippen LogP contribution in [0.5, 0.6) is 17.2 Å². The molecule has 1 atom stereocenters. The number of hydrogen-bond acceptors (Lipinski definition) is 8. The summed E-state index contributed by atoms with van der Waals surface area (Å²) in [5.41, 5.74) is 4.74. The molecule has 7 rings (SSSR count). The van der Waals surface area contributed by atoms with Gasteiger partial charge in [0.15, 0.2) is 11.5 Å². The first-order chi connectivity index (χ1) is 24.4. The van der Waals surface area contributed by atoms with Gasteiger partial charge in [-0.1, -0.05) is 35.9 Å². The Morgan fingerprint density at radius 1 is 0.980 bits per heavy atom. The standard InChI is InChI=1S/C39H44ClN5O5/c1-47-34-22-28(23-35(48-2)36(34)49-3)37(46)44-20-16-39(26-44,29-8-10-30(40)11-9-29)15-19-43-17-12-31(13-18-43)41-38-42-32-6-4-5-7-33(32)45(38)24-27-14-21-50-25-27/h4-11,14,21-23,25,31H,12-13,15-20,24,26H2,1-3H3,(H,41,42). The molecule has 262 valence electrons. The van der Waals surface area contributed by atoms with E-state index in [9.17, 15) is 4.79 Å². The highest BCUT2D eigenvalue weighted by Gasteiger charge is 2.42. The number of imidazole rings is 1. The highest BCUT2D eigenvalue weighted by molar-refractivity contribution is 6.30. The summed E-state index contributed by atoms with van der Waals surface area (Å²) in [4.78, 5) is 23.4. The zero-order valence-corrected chi connectivity index (χ0v) is 29.6. The van der Waals surface area contributed by atoms with E-state index in [0.717, 1.165) is 67.9 Å². The molecule has 10 nitrogen and oxygen atoms in total. The van der Waals surface area contributed by atoms with Crippen molar-refractivity contribution in [3.8, 4) is 17.2 Å². The normalized spacial score (nSPS) is 18.4. The lowest BCUT2D eigenvalue weighted by molar-refractivity contribution is 0.0779. The Labute approximate surface area is 297 Å². The van der Waals surface area contributed by atoms with Gasteiger partial charge in [-0.3, -0.25) is 4.79 Å². The van der Waals surface area contributed by atoms with Crippen LogP contribution in [0.1, 0.15) is 47.2 Å². The fourth-order valence-corrected chi connectivity index (χ4v) is 7.71. The van der Waals surface area contributed by atoms with E-state index in [2.05, 4.69) is 45.1 Å². The maximum atomic E-state index is 13.9. The highest BCUT2D eigenvalue weighted by atomic mass is 35.5. The first kappa shape index (κ1) is 33.8. The number of halogens is 1. The number of furan rings is 1. The Balaban J connectivity index is 1.02. The molecule has 2 aliphatic rings.